The van der Waals surface area contributed by atoms with Crippen molar-refractivity contribution in [2.45, 2.75) is 64.9 Å². The summed E-state index contributed by atoms with van der Waals surface area (Å²) in [6, 6.07) is 1.09. The molecular formula is C18H27N3O7. The van der Waals surface area contributed by atoms with E-state index in [-0.39, 0.29) is 11.4 Å². The Balaban J connectivity index is 2.82. The van der Waals surface area contributed by atoms with Gasteiger partial charge in [0.05, 0.1) is 0 Å². The van der Waals surface area contributed by atoms with Crippen LogP contribution < -0.4 is 10.6 Å². The van der Waals surface area contributed by atoms with E-state index in [9.17, 15) is 24.6 Å². The zero-order valence-electron chi connectivity index (χ0n) is 16.8. The van der Waals surface area contributed by atoms with Gasteiger partial charge in [-0.2, -0.15) is 0 Å². The van der Waals surface area contributed by atoms with Gasteiger partial charge in [-0.1, -0.05) is 6.07 Å². The number of nitrogens with zero attached hydrogens (tertiary/aromatic N) is 1. The minimum absolute atomic E-state index is 0.123. The summed E-state index contributed by atoms with van der Waals surface area (Å²) in [5, 5.41) is 24.2. The molecule has 0 aliphatic heterocycles. The van der Waals surface area contributed by atoms with Crippen molar-refractivity contribution in [1.82, 2.24) is 10.3 Å². The largest absolute Gasteiger partial charge is 0.480 e. The molecule has 1 aromatic rings. The second kappa shape index (κ2) is 8.87. The number of carboxylic acids is 1. The molecule has 0 saturated heterocycles. The minimum Gasteiger partial charge on any atom is -0.480 e. The van der Waals surface area contributed by atoms with Crippen LogP contribution in [0.4, 0.5) is 15.4 Å². The van der Waals surface area contributed by atoms with Gasteiger partial charge in [0.15, 0.2) is 6.04 Å². The highest BCUT2D eigenvalue weighted by Crippen LogP contribution is 2.19. The van der Waals surface area contributed by atoms with E-state index < -0.39 is 41.5 Å². The van der Waals surface area contributed by atoms with E-state index in [0.717, 1.165) is 0 Å². The molecule has 1 rings (SSSR count). The van der Waals surface area contributed by atoms with Crippen LogP contribution in [0.3, 0.4) is 0 Å². The Kier molecular flexibility index (Phi) is 7.34. The third-order valence-corrected chi connectivity index (χ3v) is 3.01. The number of rotatable bonds is 5. The monoisotopic (exact) mass is 397 g/mol. The molecule has 0 aliphatic rings. The molecule has 0 unspecified atom stereocenters. The molecule has 2 amide bonds. The van der Waals surface area contributed by atoms with Gasteiger partial charge in [0, 0.05) is 11.8 Å². The summed E-state index contributed by atoms with van der Waals surface area (Å²) in [5.41, 5.74) is -1.38. The van der Waals surface area contributed by atoms with Crippen LogP contribution >= 0.6 is 0 Å². The van der Waals surface area contributed by atoms with Crippen molar-refractivity contribution in [2.75, 3.05) is 5.32 Å². The summed E-state index contributed by atoms with van der Waals surface area (Å²) < 4.78 is 10.1. The summed E-state index contributed by atoms with van der Waals surface area (Å²) in [7, 11) is 0. The zero-order chi connectivity index (χ0) is 21.7. The molecule has 10 nitrogen and oxygen atoms in total. The molecule has 0 aliphatic carbocycles. The van der Waals surface area contributed by atoms with Crippen molar-refractivity contribution in [1.29, 1.82) is 0 Å². The number of pyridine rings is 1. The van der Waals surface area contributed by atoms with Crippen LogP contribution in [0.1, 0.15) is 53.2 Å². The summed E-state index contributed by atoms with van der Waals surface area (Å²) >= 11 is 0. The van der Waals surface area contributed by atoms with Crippen molar-refractivity contribution >= 4 is 24.0 Å². The predicted molar refractivity (Wildman–Crippen MR) is 99.8 cm³/mol. The third-order valence-electron chi connectivity index (χ3n) is 3.01. The van der Waals surface area contributed by atoms with E-state index in [4.69, 9.17) is 9.47 Å². The smallest absolute Gasteiger partial charge is 0.413 e. The lowest BCUT2D eigenvalue weighted by Gasteiger charge is -2.24. The van der Waals surface area contributed by atoms with E-state index in [0.29, 0.717) is 0 Å². The molecule has 0 fully saturated rings. The van der Waals surface area contributed by atoms with E-state index >= 15 is 0 Å². The number of alkyl carbamates (subject to hydrolysis) is 1. The van der Waals surface area contributed by atoms with Gasteiger partial charge in [-0.3, -0.25) is 5.32 Å². The van der Waals surface area contributed by atoms with Crippen molar-refractivity contribution in [2.24, 2.45) is 0 Å². The number of hydrogen-bond acceptors (Lipinski definition) is 7. The van der Waals surface area contributed by atoms with Gasteiger partial charge in [-0.15, -0.1) is 0 Å². The van der Waals surface area contributed by atoms with Gasteiger partial charge in [0.1, 0.15) is 23.1 Å². The van der Waals surface area contributed by atoms with E-state index in [1.807, 2.05) is 0 Å². The Bertz CT molecular complexity index is 705. The van der Waals surface area contributed by atoms with Crippen LogP contribution in [0, 0.1) is 0 Å². The summed E-state index contributed by atoms with van der Waals surface area (Å²) in [5.74, 6) is -1.30. The summed E-state index contributed by atoms with van der Waals surface area (Å²) in [4.78, 5) is 38.9. The van der Waals surface area contributed by atoms with Crippen LogP contribution in [0.5, 0.6) is 0 Å². The maximum atomic E-state index is 11.8. The van der Waals surface area contributed by atoms with Gasteiger partial charge >= 0.3 is 18.2 Å². The van der Waals surface area contributed by atoms with Crippen LogP contribution in [0.2, 0.25) is 0 Å². The SMILES string of the molecule is CC(C)(C)OC(=O)Nc1ccc([C@@H](O)[C@H](NC(=O)OC(C)(C)C)C(=O)O)cn1. The fraction of sp³-hybridized carbons (Fsp3) is 0.556. The number of aliphatic carboxylic acids is 1. The molecule has 156 valence electrons. The number of hydrogen-bond donors (Lipinski definition) is 4. The van der Waals surface area contributed by atoms with E-state index in [1.54, 1.807) is 41.5 Å². The first-order valence-corrected chi connectivity index (χ1v) is 8.54. The number of aliphatic hydroxyl groups excluding tert-OH is 1. The van der Waals surface area contributed by atoms with Crippen LogP contribution in [0.15, 0.2) is 18.3 Å². The number of carbonyl (C=O) groups is 3. The Morgan fingerprint density at radius 2 is 1.54 bits per heavy atom. The molecule has 1 heterocycles. The van der Waals surface area contributed by atoms with Crippen molar-refractivity contribution in [3.8, 4) is 0 Å². The Labute approximate surface area is 163 Å². The molecule has 0 aromatic carbocycles. The topological polar surface area (TPSA) is 147 Å². The lowest BCUT2D eigenvalue weighted by atomic mass is 10.0. The molecule has 0 bridgehead atoms. The second-order valence-corrected chi connectivity index (χ2v) is 8.01. The number of aromatic nitrogens is 1. The van der Waals surface area contributed by atoms with Gasteiger partial charge in [0.25, 0.3) is 0 Å². The number of ether oxygens (including phenoxy) is 2. The van der Waals surface area contributed by atoms with E-state index in [2.05, 4.69) is 15.6 Å². The van der Waals surface area contributed by atoms with Gasteiger partial charge < -0.3 is 25.0 Å². The molecule has 28 heavy (non-hydrogen) atoms. The first-order chi connectivity index (χ1) is 12.7. The summed E-state index contributed by atoms with van der Waals surface area (Å²) in [6.45, 7) is 10.0. The number of aliphatic hydroxyl groups is 1. The number of amides is 2. The zero-order valence-corrected chi connectivity index (χ0v) is 16.8. The maximum absolute atomic E-state index is 11.8. The van der Waals surface area contributed by atoms with Crippen molar-refractivity contribution in [3.63, 3.8) is 0 Å². The highest BCUT2D eigenvalue weighted by atomic mass is 16.6. The van der Waals surface area contributed by atoms with Crippen LogP contribution in [0.25, 0.3) is 0 Å². The van der Waals surface area contributed by atoms with Crippen LogP contribution in [-0.2, 0) is 14.3 Å². The molecule has 10 heteroatoms. The molecule has 4 N–H and O–H groups in total. The van der Waals surface area contributed by atoms with E-state index in [1.165, 1.54) is 18.3 Å². The number of nitrogens with one attached hydrogen (secondary N) is 2. The Morgan fingerprint density at radius 1 is 1.00 bits per heavy atom. The first-order valence-electron chi connectivity index (χ1n) is 8.54. The normalized spacial score (nSPS) is 13.8. The fourth-order valence-corrected chi connectivity index (χ4v) is 1.97. The molecule has 0 spiro atoms. The lowest BCUT2D eigenvalue weighted by Crippen LogP contribution is -2.46. The summed E-state index contributed by atoms with van der Waals surface area (Å²) in [6.07, 6.45) is -2.09. The Morgan fingerprint density at radius 3 is 1.96 bits per heavy atom. The Hall–Kier alpha value is -2.88. The number of carbonyl (C=O) groups excluding carboxylic acids is 2. The molecule has 0 radical (unpaired) electrons. The standard InChI is InChI=1S/C18H27N3O7/c1-17(2,3)27-15(25)20-11-8-7-10(9-19-11)13(22)12(14(23)24)21-16(26)28-18(4,5)6/h7-9,12-13,22H,1-6H3,(H,21,26)(H,23,24)(H,19,20,25)/t12-,13+/m0/s1. The average Bonchev–Trinajstić information content (AvgIpc) is 2.48. The van der Waals surface area contributed by atoms with Crippen LogP contribution in [-0.4, -0.2) is 50.6 Å². The van der Waals surface area contributed by atoms with Gasteiger partial charge in [-0.05, 0) is 47.6 Å². The maximum Gasteiger partial charge on any atom is 0.413 e. The predicted octanol–water partition coefficient (Wildman–Crippen LogP) is 2.44. The average molecular weight is 397 g/mol. The molecule has 1 aromatic heterocycles. The van der Waals surface area contributed by atoms with Gasteiger partial charge in [-0.25, -0.2) is 19.4 Å². The number of anilines is 1. The minimum atomic E-state index is -1.65. The highest BCUT2D eigenvalue weighted by Gasteiger charge is 2.31. The lowest BCUT2D eigenvalue weighted by molar-refractivity contribution is -0.142. The molecule has 0 saturated carbocycles. The fourth-order valence-electron chi connectivity index (χ4n) is 1.97. The molecule has 2 atom stereocenters. The second-order valence-electron chi connectivity index (χ2n) is 8.01. The number of carboxylic acid groups (broad SMARTS) is 1. The third kappa shape index (κ3) is 8.21. The molecular weight excluding hydrogens is 370 g/mol. The quantitative estimate of drug-likeness (QED) is 0.592. The van der Waals surface area contributed by atoms with Gasteiger partial charge in [0.2, 0.25) is 0 Å². The van der Waals surface area contributed by atoms with Crippen molar-refractivity contribution in [3.05, 3.63) is 23.9 Å². The van der Waals surface area contributed by atoms with Crippen molar-refractivity contribution < 1.29 is 34.1 Å². The highest BCUT2D eigenvalue weighted by molar-refractivity contribution is 5.83. The first kappa shape index (κ1) is 23.2.